The second-order valence-corrected chi connectivity index (χ2v) is 6.79. The normalized spacial score (nSPS) is 13.1. The minimum absolute atomic E-state index is 0.154. The monoisotopic (exact) mass is 392 g/mol. The van der Waals surface area contributed by atoms with Crippen molar-refractivity contribution in [2.24, 2.45) is 0 Å². The molecule has 4 rings (SSSR count). The first-order valence-electron chi connectivity index (χ1n) is 9.09. The molecule has 1 aromatic heterocycles. The smallest absolute Gasteiger partial charge is 0.317 e. The van der Waals surface area contributed by atoms with Crippen molar-refractivity contribution in [3.63, 3.8) is 0 Å². The zero-order chi connectivity index (χ0) is 20.4. The molecule has 2 aromatic carbocycles. The lowest BCUT2D eigenvalue weighted by molar-refractivity contribution is 0.196. The molecule has 1 aliphatic heterocycles. The van der Waals surface area contributed by atoms with E-state index in [0.29, 0.717) is 29.3 Å². The molecule has 2 amide bonds. The van der Waals surface area contributed by atoms with E-state index in [4.69, 9.17) is 0 Å². The van der Waals surface area contributed by atoms with Gasteiger partial charge in [-0.3, -0.25) is 4.90 Å². The molecule has 0 unspecified atom stereocenters. The quantitative estimate of drug-likeness (QED) is 0.689. The van der Waals surface area contributed by atoms with E-state index < -0.39 is 11.6 Å². The van der Waals surface area contributed by atoms with Crippen LogP contribution in [-0.2, 0) is 19.5 Å². The minimum atomic E-state index is -0.934. The van der Waals surface area contributed by atoms with E-state index in [1.165, 1.54) is 15.9 Å². The molecule has 0 saturated heterocycles. The van der Waals surface area contributed by atoms with Crippen LogP contribution in [0.1, 0.15) is 22.6 Å². The van der Waals surface area contributed by atoms with Gasteiger partial charge in [-0.1, -0.05) is 42.3 Å². The van der Waals surface area contributed by atoms with Crippen molar-refractivity contribution in [2.75, 3.05) is 11.9 Å². The Bertz CT molecular complexity index is 1110. The number of benzene rings is 2. The van der Waals surface area contributed by atoms with Gasteiger partial charge in [-0.05, 0) is 29.2 Å². The Hall–Kier alpha value is -3.66. The number of urea groups is 1. The Morgan fingerprint density at radius 2 is 1.90 bits per heavy atom. The summed E-state index contributed by atoms with van der Waals surface area (Å²) < 4.78 is 26.6. The number of anilines is 1. The summed E-state index contributed by atoms with van der Waals surface area (Å²) in [4.78, 5) is 23.2. The Labute approximate surface area is 167 Å². The number of H-pyrrole nitrogens is 1. The fourth-order valence-corrected chi connectivity index (χ4v) is 3.21. The van der Waals surface area contributed by atoms with E-state index in [0.717, 1.165) is 17.7 Å². The van der Waals surface area contributed by atoms with E-state index in [2.05, 4.69) is 21.8 Å². The molecule has 0 radical (unpaired) electrons. The molecule has 1 N–H and O–H groups in total. The molecular weight excluding hydrogens is 374 g/mol. The molecule has 2 heterocycles. The molecule has 0 aliphatic carbocycles. The van der Waals surface area contributed by atoms with Crippen molar-refractivity contribution >= 4 is 11.8 Å². The number of amides is 2. The summed E-state index contributed by atoms with van der Waals surface area (Å²) >= 11 is 0. The van der Waals surface area contributed by atoms with Crippen molar-refractivity contribution in [2.45, 2.75) is 19.5 Å². The summed E-state index contributed by atoms with van der Waals surface area (Å²) in [5, 5.41) is 0. The van der Waals surface area contributed by atoms with Crippen LogP contribution in [0.5, 0.6) is 0 Å². The zero-order valence-electron chi connectivity index (χ0n) is 15.7. The molecule has 5 nitrogen and oxygen atoms in total. The standard InChI is InChI=1S/C22H18F2N4O/c1-27-21-19(25-20(26-21)9-5-8-15-6-3-2-4-7-15)14-28(22(27)29)13-16-10-11-17(23)18(24)12-16/h2-4,6-7,10-12H,8,13-14H2,1H3,(H,25,26). The lowest BCUT2D eigenvalue weighted by atomic mass is 10.2. The maximum absolute atomic E-state index is 13.5. The van der Waals surface area contributed by atoms with Gasteiger partial charge >= 0.3 is 6.03 Å². The van der Waals surface area contributed by atoms with Gasteiger partial charge in [0.05, 0.1) is 6.54 Å². The SMILES string of the molecule is CN1C(=O)N(Cc2ccc(F)c(F)c2)Cc2nc(C#CCc3ccccc3)[nH]c21. The van der Waals surface area contributed by atoms with Crippen LogP contribution in [0.4, 0.5) is 19.4 Å². The van der Waals surface area contributed by atoms with E-state index in [-0.39, 0.29) is 19.1 Å². The Morgan fingerprint density at radius 1 is 1.10 bits per heavy atom. The second-order valence-electron chi connectivity index (χ2n) is 6.79. The van der Waals surface area contributed by atoms with Crippen LogP contribution in [0.25, 0.3) is 0 Å². The summed E-state index contributed by atoms with van der Waals surface area (Å²) in [6.45, 7) is 0.413. The van der Waals surface area contributed by atoms with Crippen molar-refractivity contribution in [3.8, 4) is 11.8 Å². The van der Waals surface area contributed by atoms with Crippen LogP contribution in [-0.4, -0.2) is 27.9 Å². The lowest BCUT2D eigenvalue weighted by Crippen LogP contribution is -2.44. The number of rotatable bonds is 3. The molecule has 0 bridgehead atoms. The molecule has 7 heteroatoms. The summed E-state index contributed by atoms with van der Waals surface area (Å²) in [5.74, 6) is 5.31. The molecule has 1 aliphatic rings. The number of imidazole rings is 1. The maximum Gasteiger partial charge on any atom is 0.326 e. The van der Waals surface area contributed by atoms with E-state index >= 15 is 0 Å². The summed E-state index contributed by atoms with van der Waals surface area (Å²) in [5.41, 5.74) is 2.30. The Morgan fingerprint density at radius 3 is 2.66 bits per heavy atom. The number of hydrogen-bond acceptors (Lipinski definition) is 2. The van der Waals surface area contributed by atoms with Gasteiger partial charge < -0.3 is 9.88 Å². The van der Waals surface area contributed by atoms with Gasteiger partial charge in [0.1, 0.15) is 11.5 Å². The molecule has 0 saturated carbocycles. The maximum atomic E-state index is 13.5. The topological polar surface area (TPSA) is 52.2 Å². The predicted molar refractivity (Wildman–Crippen MR) is 105 cm³/mol. The van der Waals surface area contributed by atoms with E-state index in [1.54, 1.807) is 7.05 Å². The average Bonchev–Trinajstić information content (AvgIpc) is 3.12. The fourth-order valence-electron chi connectivity index (χ4n) is 3.21. The lowest BCUT2D eigenvalue weighted by Gasteiger charge is -2.32. The molecule has 0 spiro atoms. The summed E-state index contributed by atoms with van der Waals surface area (Å²) in [6.07, 6.45) is 0.600. The molecule has 146 valence electrons. The van der Waals surface area contributed by atoms with Crippen molar-refractivity contribution < 1.29 is 13.6 Å². The van der Waals surface area contributed by atoms with Gasteiger partial charge in [0.25, 0.3) is 0 Å². The van der Waals surface area contributed by atoms with Gasteiger partial charge in [-0.15, -0.1) is 0 Å². The van der Waals surface area contributed by atoms with Crippen LogP contribution in [0.3, 0.4) is 0 Å². The number of carbonyl (C=O) groups excluding carboxylic acids is 1. The molecule has 0 atom stereocenters. The van der Waals surface area contributed by atoms with Crippen LogP contribution in [0, 0.1) is 23.5 Å². The first-order chi connectivity index (χ1) is 14.0. The third-order valence-corrected chi connectivity index (χ3v) is 4.69. The first kappa shape index (κ1) is 18.7. The van der Waals surface area contributed by atoms with Gasteiger partial charge in [-0.25, -0.2) is 18.6 Å². The number of aromatic amines is 1. The van der Waals surface area contributed by atoms with Crippen LogP contribution < -0.4 is 4.90 Å². The van der Waals surface area contributed by atoms with E-state index in [1.807, 2.05) is 30.3 Å². The predicted octanol–water partition coefficient (Wildman–Crippen LogP) is 3.85. The van der Waals surface area contributed by atoms with Crippen LogP contribution in [0.15, 0.2) is 48.5 Å². The number of nitrogens with one attached hydrogen (secondary N) is 1. The first-order valence-corrected chi connectivity index (χ1v) is 9.09. The van der Waals surface area contributed by atoms with Crippen LogP contribution >= 0.6 is 0 Å². The Kier molecular flexibility index (Phi) is 5.00. The zero-order valence-corrected chi connectivity index (χ0v) is 15.7. The highest BCUT2D eigenvalue weighted by Gasteiger charge is 2.30. The molecular formula is C22H18F2N4O. The van der Waals surface area contributed by atoms with E-state index in [9.17, 15) is 13.6 Å². The van der Waals surface area contributed by atoms with Gasteiger partial charge in [-0.2, -0.15) is 0 Å². The minimum Gasteiger partial charge on any atom is -0.317 e. The third kappa shape index (κ3) is 3.97. The Balaban J connectivity index is 1.51. The van der Waals surface area contributed by atoms with Crippen molar-refractivity contribution in [1.82, 2.24) is 14.9 Å². The van der Waals surface area contributed by atoms with Crippen LogP contribution in [0.2, 0.25) is 0 Å². The van der Waals surface area contributed by atoms with Gasteiger partial charge in [0, 0.05) is 20.0 Å². The van der Waals surface area contributed by atoms with Gasteiger partial charge in [0.2, 0.25) is 0 Å². The average molecular weight is 392 g/mol. The highest BCUT2D eigenvalue weighted by molar-refractivity contribution is 5.93. The largest absolute Gasteiger partial charge is 0.326 e. The highest BCUT2D eigenvalue weighted by Crippen LogP contribution is 2.26. The molecule has 0 fully saturated rings. The fraction of sp³-hybridized carbons (Fsp3) is 0.182. The summed E-state index contributed by atoms with van der Waals surface area (Å²) in [6, 6.07) is 13.3. The van der Waals surface area contributed by atoms with Crippen molar-refractivity contribution in [1.29, 1.82) is 0 Å². The number of fused-ring (bicyclic) bond motifs is 1. The number of nitrogens with zero attached hydrogens (tertiary/aromatic N) is 3. The second kappa shape index (κ2) is 7.76. The van der Waals surface area contributed by atoms with Crippen molar-refractivity contribution in [3.05, 3.63) is 82.8 Å². The highest BCUT2D eigenvalue weighted by atomic mass is 19.2. The number of aromatic nitrogens is 2. The number of hydrogen-bond donors (Lipinski definition) is 1. The van der Waals surface area contributed by atoms with Gasteiger partial charge in [0.15, 0.2) is 17.5 Å². The number of halogens is 2. The molecule has 29 heavy (non-hydrogen) atoms. The number of carbonyl (C=O) groups is 1. The third-order valence-electron chi connectivity index (χ3n) is 4.69. The summed E-state index contributed by atoms with van der Waals surface area (Å²) in [7, 11) is 1.64. The molecule has 3 aromatic rings.